The first kappa shape index (κ1) is 15.9. The second-order valence-electron chi connectivity index (χ2n) is 4.75. The number of hydrogen-bond acceptors (Lipinski definition) is 4. The molecule has 1 amide bonds. The Morgan fingerprint density at radius 3 is 2.41 bits per heavy atom. The fraction of sp³-hybridized carbons (Fsp3) is 0.833. The standard InChI is InChI=1S/C12H24N2O3/c1-6-17-10(15)7-9(2)14-8-12(3,4)11(16)13-5/h9,14H,6-8H2,1-5H3,(H,13,16). The molecule has 0 spiro atoms. The van der Waals surface area contributed by atoms with Gasteiger partial charge in [0, 0.05) is 19.6 Å². The van der Waals surface area contributed by atoms with Crippen LogP contribution in [-0.2, 0) is 14.3 Å². The zero-order valence-electron chi connectivity index (χ0n) is 11.4. The lowest BCUT2D eigenvalue weighted by molar-refractivity contribution is -0.143. The van der Waals surface area contributed by atoms with Crippen LogP contribution < -0.4 is 10.6 Å². The number of esters is 1. The van der Waals surface area contributed by atoms with E-state index >= 15 is 0 Å². The fourth-order valence-corrected chi connectivity index (χ4v) is 1.39. The lowest BCUT2D eigenvalue weighted by Crippen LogP contribution is -2.44. The molecule has 0 aliphatic rings. The second kappa shape index (κ2) is 7.27. The van der Waals surface area contributed by atoms with Gasteiger partial charge in [0.15, 0.2) is 0 Å². The molecule has 0 aromatic carbocycles. The molecule has 0 aromatic rings. The van der Waals surface area contributed by atoms with Crippen LogP contribution in [0.15, 0.2) is 0 Å². The smallest absolute Gasteiger partial charge is 0.307 e. The number of rotatable bonds is 7. The molecule has 0 saturated carbocycles. The number of nitrogens with one attached hydrogen (secondary N) is 2. The Balaban J connectivity index is 4.02. The summed E-state index contributed by atoms with van der Waals surface area (Å²) >= 11 is 0. The van der Waals surface area contributed by atoms with Crippen molar-refractivity contribution in [1.82, 2.24) is 10.6 Å². The van der Waals surface area contributed by atoms with Gasteiger partial charge in [0.25, 0.3) is 0 Å². The minimum atomic E-state index is -0.488. The minimum absolute atomic E-state index is 0.00187. The summed E-state index contributed by atoms with van der Waals surface area (Å²) < 4.78 is 4.85. The molecule has 5 heteroatoms. The first-order valence-electron chi connectivity index (χ1n) is 5.94. The first-order valence-corrected chi connectivity index (χ1v) is 5.94. The summed E-state index contributed by atoms with van der Waals surface area (Å²) in [6.45, 7) is 8.32. The average Bonchev–Trinajstić information content (AvgIpc) is 2.25. The van der Waals surface area contributed by atoms with E-state index in [0.29, 0.717) is 19.6 Å². The highest BCUT2D eigenvalue weighted by Gasteiger charge is 2.26. The molecule has 0 fully saturated rings. The third kappa shape index (κ3) is 6.26. The monoisotopic (exact) mass is 244 g/mol. The molecule has 17 heavy (non-hydrogen) atoms. The third-order valence-corrected chi connectivity index (χ3v) is 2.51. The summed E-state index contributed by atoms with van der Waals surface area (Å²) in [6, 6.07) is -0.00187. The summed E-state index contributed by atoms with van der Waals surface area (Å²) in [5.74, 6) is -0.237. The Bertz CT molecular complexity index is 264. The molecule has 1 atom stereocenters. The van der Waals surface area contributed by atoms with Gasteiger partial charge in [0.05, 0.1) is 18.4 Å². The highest BCUT2D eigenvalue weighted by Crippen LogP contribution is 2.13. The van der Waals surface area contributed by atoms with Crippen molar-refractivity contribution in [2.24, 2.45) is 5.41 Å². The van der Waals surface area contributed by atoms with Crippen LogP contribution in [0.25, 0.3) is 0 Å². The summed E-state index contributed by atoms with van der Waals surface area (Å²) in [5.41, 5.74) is -0.488. The van der Waals surface area contributed by atoms with Gasteiger partial charge >= 0.3 is 5.97 Å². The Morgan fingerprint density at radius 2 is 1.94 bits per heavy atom. The molecule has 0 heterocycles. The van der Waals surface area contributed by atoms with Crippen molar-refractivity contribution in [3.05, 3.63) is 0 Å². The summed E-state index contributed by atoms with van der Waals surface area (Å²) in [5, 5.41) is 5.79. The van der Waals surface area contributed by atoms with Crippen molar-refractivity contribution in [2.45, 2.75) is 40.2 Å². The summed E-state index contributed by atoms with van der Waals surface area (Å²) in [7, 11) is 1.62. The molecule has 0 aliphatic heterocycles. The van der Waals surface area contributed by atoms with Gasteiger partial charge in [-0.15, -0.1) is 0 Å². The topological polar surface area (TPSA) is 67.4 Å². The van der Waals surface area contributed by atoms with Crippen LogP contribution in [0.1, 0.15) is 34.1 Å². The SMILES string of the molecule is CCOC(=O)CC(C)NCC(C)(C)C(=O)NC. The molecule has 0 rings (SSSR count). The predicted octanol–water partition coefficient (Wildman–Crippen LogP) is 0.690. The summed E-state index contributed by atoms with van der Waals surface area (Å²) in [6.07, 6.45) is 0.317. The zero-order valence-corrected chi connectivity index (χ0v) is 11.4. The van der Waals surface area contributed by atoms with E-state index in [-0.39, 0.29) is 17.9 Å². The molecule has 0 saturated heterocycles. The quantitative estimate of drug-likeness (QED) is 0.647. The molecule has 0 aliphatic carbocycles. The average molecular weight is 244 g/mol. The van der Waals surface area contributed by atoms with E-state index in [1.165, 1.54) is 0 Å². The van der Waals surface area contributed by atoms with Gasteiger partial charge in [-0.2, -0.15) is 0 Å². The molecular weight excluding hydrogens is 220 g/mol. The molecule has 100 valence electrons. The van der Waals surface area contributed by atoms with Crippen molar-refractivity contribution in [3.8, 4) is 0 Å². The van der Waals surface area contributed by atoms with E-state index in [1.54, 1.807) is 14.0 Å². The van der Waals surface area contributed by atoms with Gasteiger partial charge in [0.2, 0.25) is 5.91 Å². The first-order chi connectivity index (χ1) is 7.83. The molecule has 5 nitrogen and oxygen atoms in total. The number of ether oxygens (including phenoxy) is 1. The number of carbonyl (C=O) groups is 2. The van der Waals surface area contributed by atoms with Gasteiger partial charge in [-0.25, -0.2) is 0 Å². The highest BCUT2D eigenvalue weighted by molar-refractivity contribution is 5.81. The molecular formula is C12H24N2O3. The maximum atomic E-state index is 11.5. The molecule has 2 N–H and O–H groups in total. The Hall–Kier alpha value is -1.10. The maximum Gasteiger partial charge on any atom is 0.307 e. The number of carbonyl (C=O) groups excluding carboxylic acids is 2. The number of hydrogen-bond donors (Lipinski definition) is 2. The highest BCUT2D eigenvalue weighted by atomic mass is 16.5. The zero-order chi connectivity index (χ0) is 13.5. The molecule has 1 unspecified atom stereocenters. The van der Waals surface area contributed by atoms with Crippen molar-refractivity contribution >= 4 is 11.9 Å². The van der Waals surface area contributed by atoms with Gasteiger partial charge in [-0.3, -0.25) is 9.59 Å². The van der Waals surface area contributed by atoms with Crippen LogP contribution in [0.4, 0.5) is 0 Å². The van der Waals surface area contributed by atoms with Gasteiger partial charge in [0.1, 0.15) is 0 Å². The van der Waals surface area contributed by atoms with Gasteiger partial charge < -0.3 is 15.4 Å². The van der Waals surface area contributed by atoms with E-state index < -0.39 is 5.41 Å². The Labute approximate surface area is 103 Å². The van der Waals surface area contributed by atoms with E-state index in [0.717, 1.165) is 0 Å². The van der Waals surface area contributed by atoms with Crippen LogP contribution in [0.3, 0.4) is 0 Å². The summed E-state index contributed by atoms with van der Waals surface area (Å²) in [4.78, 5) is 22.8. The van der Waals surface area contributed by atoms with Crippen molar-refractivity contribution in [2.75, 3.05) is 20.2 Å². The van der Waals surface area contributed by atoms with Gasteiger partial charge in [-0.05, 0) is 27.7 Å². The molecule has 0 radical (unpaired) electrons. The minimum Gasteiger partial charge on any atom is -0.466 e. The lowest BCUT2D eigenvalue weighted by Gasteiger charge is -2.25. The fourth-order valence-electron chi connectivity index (χ4n) is 1.39. The van der Waals surface area contributed by atoms with Crippen LogP contribution in [0, 0.1) is 5.41 Å². The molecule has 0 aromatic heterocycles. The normalized spacial score (nSPS) is 13.0. The van der Waals surface area contributed by atoms with E-state index in [9.17, 15) is 9.59 Å². The van der Waals surface area contributed by atoms with Crippen molar-refractivity contribution in [1.29, 1.82) is 0 Å². The van der Waals surface area contributed by atoms with E-state index in [4.69, 9.17) is 4.74 Å². The van der Waals surface area contributed by atoms with Crippen LogP contribution >= 0.6 is 0 Å². The Morgan fingerprint density at radius 1 is 1.35 bits per heavy atom. The van der Waals surface area contributed by atoms with Crippen LogP contribution in [-0.4, -0.2) is 38.1 Å². The predicted molar refractivity (Wildman–Crippen MR) is 66.6 cm³/mol. The number of amides is 1. The van der Waals surface area contributed by atoms with E-state index in [2.05, 4.69) is 10.6 Å². The molecule has 0 bridgehead atoms. The van der Waals surface area contributed by atoms with Crippen molar-refractivity contribution < 1.29 is 14.3 Å². The van der Waals surface area contributed by atoms with Crippen LogP contribution in [0.2, 0.25) is 0 Å². The third-order valence-electron chi connectivity index (χ3n) is 2.51. The van der Waals surface area contributed by atoms with Crippen LogP contribution in [0.5, 0.6) is 0 Å². The van der Waals surface area contributed by atoms with E-state index in [1.807, 2.05) is 20.8 Å². The maximum absolute atomic E-state index is 11.5. The second-order valence-corrected chi connectivity index (χ2v) is 4.75. The van der Waals surface area contributed by atoms with Gasteiger partial charge in [-0.1, -0.05) is 0 Å². The van der Waals surface area contributed by atoms with Crippen molar-refractivity contribution in [3.63, 3.8) is 0 Å². The Kier molecular flexibility index (Phi) is 6.80. The largest absolute Gasteiger partial charge is 0.466 e. The lowest BCUT2D eigenvalue weighted by atomic mass is 9.92.